The lowest BCUT2D eigenvalue weighted by molar-refractivity contribution is -0.121. The predicted octanol–water partition coefficient (Wildman–Crippen LogP) is 3.64. The van der Waals surface area contributed by atoms with Gasteiger partial charge in [-0.05, 0) is 51.8 Å². The second kappa shape index (κ2) is 7.11. The highest BCUT2D eigenvalue weighted by atomic mass is 32.1. The SMILES string of the molecule is Cc1cc(CNC(=O)CCn2c(C)c(C)sc2=O)c2[nH]c(C)c(C)c2c1. The minimum absolute atomic E-state index is 0.00512. The van der Waals surface area contributed by atoms with Gasteiger partial charge in [0.25, 0.3) is 0 Å². The zero-order chi connectivity index (χ0) is 19.0. The molecule has 1 aromatic carbocycles. The molecule has 0 atom stereocenters. The summed E-state index contributed by atoms with van der Waals surface area (Å²) in [7, 11) is 0. The van der Waals surface area contributed by atoms with Crippen LogP contribution in [-0.2, 0) is 17.9 Å². The molecule has 0 saturated carbocycles. The van der Waals surface area contributed by atoms with E-state index >= 15 is 0 Å². The van der Waals surface area contributed by atoms with E-state index in [1.54, 1.807) is 4.57 Å². The van der Waals surface area contributed by atoms with E-state index in [0.29, 0.717) is 19.5 Å². The van der Waals surface area contributed by atoms with Gasteiger partial charge in [-0.2, -0.15) is 0 Å². The molecule has 0 bridgehead atoms. The van der Waals surface area contributed by atoms with Crippen molar-refractivity contribution >= 4 is 28.1 Å². The zero-order valence-corrected chi connectivity index (χ0v) is 16.8. The highest BCUT2D eigenvalue weighted by molar-refractivity contribution is 7.09. The van der Waals surface area contributed by atoms with Crippen molar-refractivity contribution in [1.29, 1.82) is 0 Å². The number of H-pyrrole nitrogens is 1. The molecule has 2 heterocycles. The number of carbonyl (C=O) groups excluding carboxylic acids is 1. The molecule has 0 unspecified atom stereocenters. The van der Waals surface area contributed by atoms with Crippen LogP contribution in [0.15, 0.2) is 16.9 Å². The topological polar surface area (TPSA) is 66.9 Å². The number of amides is 1. The van der Waals surface area contributed by atoms with Gasteiger partial charge in [0, 0.05) is 41.2 Å². The van der Waals surface area contributed by atoms with Crippen molar-refractivity contribution in [2.45, 2.75) is 54.1 Å². The number of fused-ring (bicyclic) bond motifs is 1. The maximum absolute atomic E-state index is 12.3. The molecule has 2 aromatic heterocycles. The first-order valence-electron chi connectivity index (χ1n) is 8.80. The number of nitrogens with one attached hydrogen (secondary N) is 2. The number of carbonyl (C=O) groups is 1. The van der Waals surface area contributed by atoms with E-state index in [9.17, 15) is 9.59 Å². The fourth-order valence-electron chi connectivity index (χ4n) is 3.27. The number of aryl methyl sites for hydroxylation is 4. The molecule has 138 valence electrons. The van der Waals surface area contributed by atoms with E-state index in [0.717, 1.165) is 27.3 Å². The van der Waals surface area contributed by atoms with Crippen LogP contribution >= 0.6 is 11.3 Å². The molecule has 0 radical (unpaired) electrons. The van der Waals surface area contributed by atoms with Crippen molar-refractivity contribution in [3.63, 3.8) is 0 Å². The number of aromatic nitrogens is 2. The van der Waals surface area contributed by atoms with E-state index in [4.69, 9.17) is 0 Å². The first kappa shape index (κ1) is 18.5. The van der Waals surface area contributed by atoms with Crippen molar-refractivity contribution in [2.24, 2.45) is 0 Å². The van der Waals surface area contributed by atoms with Gasteiger partial charge >= 0.3 is 4.87 Å². The maximum atomic E-state index is 12.3. The van der Waals surface area contributed by atoms with Crippen LogP contribution in [0.3, 0.4) is 0 Å². The van der Waals surface area contributed by atoms with E-state index in [-0.39, 0.29) is 10.8 Å². The molecular formula is C20H25N3O2S. The molecule has 5 nitrogen and oxygen atoms in total. The van der Waals surface area contributed by atoms with Crippen LogP contribution in [0.4, 0.5) is 0 Å². The van der Waals surface area contributed by atoms with Crippen molar-refractivity contribution < 1.29 is 4.79 Å². The number of rotatable bonds is 5. The summed E-state index contributed by atoms with van der Waals surface area (Å²) in [6, 6.07) is 4.28. The highest BCUT2D eigenvalue weighted by Crippen LogP contribution is 2.26. The van der Waals surface area contributed by atoms with Gasteiger partial charge in [-0.1, -0.05) is 23.0 Å². The third-order valence-electron chi connectivity index (χ3n) is 5.06. The van der Waals surface area contributed by atoms with Crippen molar-refractivity contribution in [1.82, 2.24) is 14.9 Å². The number of hydrogen-bond donors (Lipinski definition) is 2. The van der Waals surface area contributed by atoms with Gasteiger partial charge in [0.2, 0.25) is 5.91 Å². The smallest absolute Gasteiger partial charge is 0.307 e. The summed E-state index contributed by atoms with van der Waals surface area (Å²) in [6.45, 7) is 11.0. The van der Waals surface area contributed by atoms with Crippen LogP contribution in [0.1, 0.15) is 39.4 Å². The normalized spacial score (nSPS) is 11.3. The Morgan fingerprint density at radius 2 is 1.92 bits per heavy atom. The molecular weight excluding hydrogens is 346 g/mol. The van der Waals surface area contributed by atoms with E-state index in [1.807, 2.05) is 13.8 Å². The molecule has 0 aliphatic carbocycles. The van der Waals surface area contributed by atoms with E-state index in [2.05, 4.69) is 43.2 Å². The Bertz CT molecular complexity index is 1040. The fourth-order valence-corrected chi connectivity index (χ4v) is 4.13. The third-order valence-corrected chi connectivity index (χ3v) is 6.05. The summed E-state index contributed by atoms with van der Waals surface area (Å²) in [5, 5.41) is 4.20. The lowest BCUT2D eigenvalue weighted by Crippen LogP contribution is -2.26. The lowest BCUT2D eigenvalue weighted by Gasteiger charge is -2.09. The molecule has 0 aliphatic heterocycles. The minimum atomic E-state index is -0.0465. The van der Waals surface area contributed by atoms with Gasteiger partial charge in [-0.3, -0.25) is 9.59 Å². The van der Waals surface area contributed by atoms with Gasteiger partial charge in [-0.15, -0.1) is 0 Å². The Morgan fingerprint density at radius 1 is 1.19 bits per heavy atom. The van der Waals surface area contributed by atoms with Gasteiger partial charge in [0.15, 0.2) is 0 Å². The number of aromatic amines is 1. The lowest BCUT2D eigenvalue weighted by atomic mass is 10.0. The van der Waals surface area contributed by atoms with Gasteiger partial charge in [0.05, 0.1) is 5.52 Å². The standard InChI is InChI=1S/C20H25N3O2S/c1-11-8-16(19-17(9-11)12(2)13(3)22-19)10-21-18(24)6-7-23-14(4)15(5)26-20(23)25/h8-9,22H,6-7,10H2,1-5H3,(H,21,24). The van der Waals surface area contributed by atoms with E-state index in [1.165, 1.54) is 27.8 Å². The molecule has 2 N–H and O–H groups in total. The average Bonchev–Trinajstić information content (AvgIpc) is 3.00. The number of benzene rings is 1. The van der Waals surface area contributed by atoms with Crippen LogP contribution in [-0.4, -0.2) is 15.5 Å². The Kier molecular flexibility index (Phi) is 5.05. The number of thiazole rings is 1. The van der Waals surface area contributed by atoms with Crippen LogP contribution in [0.5, 0.6) is 0 Å². The molecule has 1 amide bonds. The third kappa shape index (κ3) is 3.46. The average molecular weight is 372 g/mol. The monoisotopic (exact) mass is 371 g/mol. The molecule has 3 rings (SSSR count). The van der Waals surface area contributed by atoms with Crippen molar-refractivity contribution in [3.05, 3.63) is 54.8 Å². The maximum Gasteiger partial charge on any atom is 0.307 e. The minimum Gasteiger partial charge on any atom is -0.358 e. The fraction of sp³-hybridized carbons (Fsp3) is 0.400. The van der Waals surface area contributed by atoms with Crippen LogP contribution in [0.25, 0.3) is 10.9 Å². The molecule has 0 spiro atoms. The summed E-state index contributed by atoms with van der Waals surface area (Å²) in [4.78, 5) is 28.6. The Balaban J connectivity index is 1.69. The first-order chi connectivity index (χ1) is 12.3. The van der Waals surface area contributed by atoms with Crippen molar-refractivity contribution in [3.8, 4) is 0 Å². The molecule has 26 heavy (non-hydrogen) atoms. The molecule has 0 aliphatic rings. The quantitative estimate of drug-likeness (QED) is 0.719. The van der Waals surface area contributed by atoms with Crippen LogP contribution in [0, 0.1) is 34.6 Å². The zero-order valence-electron chi connectivity index (χ0n) is 15.9. The highest BCUT2D eigenvalue weighted by Gasteiger charge is 2.12. The molecule has 3 aromatic rings. The van der Waals surface area contributed by atoms with Crippen molar-refractivity contribution in [2.75, 3.05) is 0 Å². The number of nitrogens with zero attached hydrogens (tertiary/aromatic N) is 1. The Labute approximate surface area is 157 Å². The second-order valence-electron chi connectivity index (χ2n) is 6.91. The van der Waals surface area contributed by atoms with Crippen LogP contribution < -0.4 is 10.2 Å². The summed E-state index contributed by atoms with van der Waals surface area (Å²) in [5.41, 5.74) is 6.71. The van der Waals surface area contributed by atoms with E-state index < -0.39 is 0 Å². The largest absolute Gasteiger partial charge is 0.358 e. The van der Waals surface area contributed by atoms with Crippen LogP contribution in [0.2, 0.25) is 0 Å². The molecule has 6 heteroatoms. The van der Waals surface area contributed by atoms with Gasteiger partial charge < -0.3 is 14.9 Å². The second-order valence-corrected chi connectivity index (χ2v) is 8.08. The summed E-state index contributed by atoms with van der Waals surface area (Å²) < 4.78 is 1.68. The Morgan fingerprint density at radius 3 is 2.58 bits per heavy atom. The summed E-state index contributed by atoms with van der Waals surface area (Å²) >= 11 is 1.24. The molecule has 0 fully saturated rings. The first-order valence-corrected chi connectivity index (χ1v) is 9.61. The number of hydrogen-bond acceptors (Lipinski definition) is 3. The Hall–Kier alpha value is -2.34. The van der Waals surface area contributed by atoms with Gasteiger partial charge in [-0.25, -0.2) is 0 Å². The summed E-state index contributed by atoms with van der Waals surface area (Å²) in [6.07, 6.45) is 0.300. The van der Waals surface area contributed by atoms with Gasteiger partial charge in [0.1, 0.15) is 0 Å². The molecule has 0 saturated heterocycles. The predicted molar refractivity (Wildman–Crippen MR) is 107 cm³/mol. The summed E-state index contributed by atoms with van der Waals surface area (Å²) in [5.74, 6) is -0.0465.